The van der Waals surface area contributed by atoms with Gasteiger partial charge in [0.15, 0.2) is 0 Å². The Kier molecular flexibility index (Phi) is 5.25. The number of nitrogens with one attached hydrogen (secondary N) is 2. The van der Waals surface area contributed by atoms with Crippen LogP contribution in [-0.4, -0.2) is 22.7 Å². The Bertz CT molecular complexity index is 996. The van der Waals surface area contributed by atoms with Crippen LogP contribution in [0.3, 0.4) is 0 Å². The summed E-state index contributed by atoms with van der Waals surface area (Å²) in [6.45, 7) is 0.499. The van der Waals surface area contributed by atoms with Gasteiger partial charge in [0.05, 0.1) is 29.9 Å². The Hall–Kier alpha value is -3.32. The molecule has 7 heteroatoms. The van der Waals surface area contributed by atoms with E-state index in [0.717, 1.165) is 16.1 Å². The third-order valence-corrected chi connectivity index (χ3v) is 5.31. The number of anilines is 3. The highest BCUT2D eigenvalue weighted by Crippen LogP contribution is 2.38. The minimum Gasteiger partial charge on any atom is -0.308 e. The summed E-state index contributed by atoms with van der Waals surface area (Å²) >= 11 is 1.51. The zero-order chi connectivity index (χ0) is 19.3. The van der Waals surface area contributed by atoms with E-state index in [9.17, 15) is 9.59 Å². The molecule has 3 amide bonds. The van der Waals surface area contributed by atoms with Gasteiger partial charge < -0.3 is 15.5 Å². The number of fused-ring (bicyclic) bond motifs is 1. The van der Waals surface area contributed by atoms with Crippen molar-refractivity contribution in [2.75, 3.05) is 21.3 Å². The molecule has 2 heterocycles. The average molecular weight is 390 g/mol. The van der Waals surface area contributed by atoms with Gasteiger partial charge in [-0.25, -0.2) is 4.79 Å². The van der Waals surface area contributed by atoms with E-state index in [1.165, 1.54) is 11.8 Å². The number of hydrogen-bond acceptors (Lipinski definition) is 4. The van der Waals surface area contributed by atoms with E-state index in [2.05, 4.69) is 15.6 Å². The highest BCUT2D eigenvalue weighted by molar-refractivity contribution is 8.00. The molecule has 0 atom stereocenters. The van der Waals surface area contributed by atoms with Crippen molar-refractivity contribution in [2.45, 2.75) is 11.4 Å². The summed E-state index contributed by atoms with van der Waals surface area (Å²) in [6, 6.07) is 18.6. The van der Waals surface area contributed by atoms with Crippen LogP contribution in [0.1, 0.15) is 5.56 Å². The Balaban J connectivity index is 1.54. The lowest BCUT2D eigenvalue weighted by atomic mass is 10.2. The second kappa shape index (κ2) is 8.14. The Morgan fingerprint density at radius 1 is 1.04 bits per heavy atom. The third-order valence-electron chi connectivity index (χ3n) is 4.26. The van der Waals surface area contributed by atoms with Crippen LogP contribution in [0.2, 0.25) is 0 Å². The number of aromatic nitrogens is 1. The van der Waals surface area contributed by atoms with Crippen molar-refractivity contribution in [3.8, 4) is 0 Å². The van der Waals surface area contributed by atoms with Gasteiger partial charge in [0.1, 0.15) is 0 Å². The molecule has 0 aliphatic carbocycles. The molecule has 0 unspecified atom stereocenters. The maximum atomic E-state index is 12.5. The lowest BCUT2D eigenvalue weighted by Crippen LogP contribution is -2.34. The number of rotatable bonds is 4. The van der Waals surface area contributed by atoms with E-state index in [4.69, 9.17) is 0 Å². The van der Waals surface area contributed by atoms with Gasteiger partial charge in [-0.15, -0.1) is 11.8 Å². The molecule has 1 aliphatic rings. The van der Waals surface area contributed by atoms with Crippen molar-refractivity contribution < 1.29 is 9.59 Å². The summed E-state index contributed by atoms with van der Waals surface area (Å²) in [5.74, 6) is 0.465. The topological polar surface area (TPSA) is 74.3 Å². The van der Waals surface area contributed by atoms with Gasteiger partial charge in [-0.1, -0.05) is 30.3 Å². The number of carbonyl (C=O) groups is 2. The highest BCUT2D eigenvalue weighted by Gasteiger charge is 2.25. The Labute approximate surface area is 167 Å². The zero-order valence-corrected chi connectivity index (χ0v) is 15.8. The largest absolute Gasteiger partial charge is 0.323 e. The predicted molar refractivity (Wildman–Crippen MR) is 112 cm³/mol. The molecule has 6 nitrogen and oxygen atoms in total. The molecular weight excluding hydrogens is 372 g/mol. The van der Waals surface area contributed by atoms with Crippen LogP contribution >= 0.6 is 11.8 Å². The molecule has 1 aromatic heterocycles. The lowest BCUT2D eigenvalue weighted by Gasteiger charge is -2.29. The fraction of sp³-hybridized carbons (Fsp3) is 0.0952. The molecule has 140 valence electrons. The van der Waals surface area contributed by atoms with Crippen LogP contribution < -0.4 is 15.5 Å². The van der Waals surface area contributed by atoms with Crippen LogP contribution in [-0.2, 0) is 11.3 Å². The second-order valence-electron chi connectivity index (χ2n) is 6.26. The molecule has 0 spiro atoms. The highest BCUT2D eigenvalue weighted by atomic mass is 32.2. The van der Waals surface area contributed by atoms with Crippen LogP contribution in [0.15, 0.2) is 78.0 Å². The first-order chi connectivity index (χ1) is 13.7. The number of pyridine rings is 1. The molecule has 28 heavy (non-hydrogen) atoms. The maximum Gasteiger partial charge on any atom is 0.323 e. The van der Waals surface area contributed by atoms with Crippen molar-refractivity contribution in [3.63, 3.8) is 0 Å². The van der Waals surface area contributed by atoms with Gasteiger partial charge in [0, 0.05) is 16.8 Å². The average Bonchev–Trinajstić information content (AvgIpc) is 2.72. The summed E-state index contributed by atoms with van der Waals surface area (Å²) in [7, 11) is 0. The van der Waals surface area contributed by atoms with E-state index >= 15 is 0 Å². The maximum absolute atomic E-state index is 12.5. The summed E-state index contributed by atoms with van der Waals surface area (Å²) < 4.78 is 0. The summed E-state index contributed by atoms with van der Waals surface area (Å²) in [4.78, 5) is 31.5. The minimum atomic E-state index is -0.364. The fourth-order valence-electron chi connectivity index (χ4n) is 2.95. The fourth-order valence-corrected chi connectivity index (χ4v) is 3.87. The van der Waals surface area contributed by atoms with Gasteiger partial charge in [0.25, 0.3) is 0 Å². The molecule has 0 saturated carbocycles. The number of amides is 3. The normalized spacial score (nSPS) is 13.0. The van der Waals surface area contributed by atoms with E-state index in [1.807, 2.05) is 48.5 Å². The SMILES string of the molecule is O=C(Nc1cccnc1)Nc1ccc2c(c1)N(Cc1ccccc1)C(=O)CS2. The minimum absolute atomic E-state index is 0.0540. The zero-order valence-electron chi connectivity index (χ0n) is 15.0. The summed E-state index contributed by atoms with van der Waals surface area (Å²) in [5, 5.41) is 5.55. The standard InChI is InChI=1S/C21H18N4O2S/c26-20-14-28-19-9-8-16(23-21(27)24-17-7-4-10-22-12-17)11-18(19)25(20)13-15-5-2-1-3-6-15/h1-12H,13-14H2,(H2,23,24,27). The molecular formula is C21H18N4O2S. The second-order valence-corrected chi connectivity index (χ2v) is 7.27. The van der Waals surface area contributed by atoms with Gasteiger partial charge in [-0.2, -0.15) is 0 Å². The summed E-state index contributed by atoms with van der Waals surface area (Å²) in [5.41, 5.74) is 3.09. The number of carbonyl (C=O) groups excluding carboxylic acids is 2. The van der Waals surface area contributed by atoms with Crippen molar-refractivity contribution >= 4 is 40.8 Å². The quantitative estimate of drug-likeness (QED) is 0.694. The molecule has 0 saturated heterocycles. The number of benzene rings is 2. The first-order valence-corrected chi connectivity index (χ1v) is 9.77. The molecule has 1 aliphatic heterocycles. The molecule has 2 aromatic carbocycles. The molecule has 3 aromatic rings. The van der Waals surface area contributed by atoms with Gasteiger partial charge in [-0.05, 0) is 35.9 Å². The van der Waals surface area contributed by atoms with Crippen molar-refractivity contribution in [3.05, 3.63) is 78.6 Å². The monoisotopic (exact) mass is 390 g/mol. The smallest absolute Gasteiger partial charge is 0.308 e. The van der Waals surface area contributed by atoms with E-state index in [0.29, 0.717) is 23.7 Å². The van der Waals surface area contributed by atoms with Crippen LogP contribution in [0, 0.1) is 0 Å². The lowest BCUT2D eigenvalue weighted by molar-refractivity contribution is -0.116. The van der Waals surface area contributed by atoms with E-state index in [1.54, 1.807) is 29.4 Å². The molecule has 2 N–H and O–H groups in total. The van der Waals surface area contributed by atoms with Crippen molar-refractivity contribution in [1.29, 1.82) is 0 Å². The molecule has 4 rings (SSSR count). The van der Waals surface area contributed by atoms with Crippen molar-refractivity contribution in [2.24, 2.45) is 0 Å². The molecule has 0 fully saturated rings. The number of nitrogens with zero attached hydrogens (tertiary/aromatic N) is 2. The Morgan fingerprint density at radius 2 is 1.86 bits per heavy atom. The third kappa shape index (κ3) is 4.15. The molecule has 0 radical (unpaired) electrons. The van der Waals surface area contributed by atoms with Crippen LogP contribution in [0.4, 0.5) is 21.9 Å². The summed E-state index contributed by atoms with van der Waals surface area (Å²) in [6.07, 6.45) is 3.21. The van der Waals surface area contributed by atoms with E-state index in [-0.39, 0.29) is 11.9 Å². The predicted octanol–water partition coefficient (Wildman–Crippen LogP) is 4.36. The first-order valence-electron chi connectivity index (χ1n) is 8.78. The number of thioether (sulfide) groups is 1. The van der Waals surface area contributed by atoms with Gasteiger partial charge in [-0.3, -0.25) is 9.78 Å². The number of urea groups is 1. The van der Waals surface area contributed by atoms with Gasteiger partial charge >= 0.3 is 6.03 Å². The van der Waals surface area contributed by atoms with Gasteiger partial charge in [0.2, 0.25) is 5.91 Å². The number of hydrogen-bond donors (Lipinski definition) is 2. The Morgan fingerprint density at radius 3 is 2.64 bits per heavy atom. The van der Waals surface area contributed by atoms with Crippen LogP contribution in [0.5, 0.6) is 0 Å². The van der Waals surface area contributed by atoms with E-state index < -0.39 is 0 Å². The first kappa shape index (κ1) is 18.1. The van der Waals surface area contributed by atoms with Crippen molar-refractivity contribution in [1.82, 2.24) is 4.98 Å². The van der Waals surface area contributed by atoms with Crippen LogP contribution in [0.25, 0.3) is 0 Å². The molecule has 0 bridgehead atoms.